The summed E-state index contributed by atoms with van der Waals surface area (Å²) in [7, 11) is 0. The van der Waals surface area contributed by atoms with Crippen LogP contribution in [0.5, 0.6) is 0 Å². The third kappa shape index (κ3) is 4.54. The van der Waals surface area contributed by atoms with Gasteiger partial charge in [-0.1, -0.05) is 133 Å². The van der Waals surface area contributed by atoms with Crippen LogP contribution in [0.15, 0.2) is 199 Å². The van der Waals surface area contributed by atoms with Crippen LogP contribution in [0.3, 0.4) is 0 Å². The van der Waals surface area contributed by atoms with E-state index < -0.39 is 0 Å². The molecule has 0 N–H and O–H groups in total. The van der Waals surface area contributed by atoms with Crippen molar-refractivity contribution < 1.29 is 4.42 Å². The average molecular weight is 677 g/mol. The van der Waals surface area contributed by atoms with Gasteiger partial charge in [-0.25, -0.2) is 0 Å². The number of anilines is 3. The Morgan fingerprint density at radius 1 is 0.377 bits per heavy atom. The van der Waals surface area contributed by atoms with Crippen LogP contribution in [0.2, 0.25) is 0 Å². The molecule has 2 aromatic heterocycles. The summed E-state index contributed by atoms with van der Waals surface area (Å²) in [5.41, 5.74) is 10.9. The largest absolute Gasteiger partial charge is 0.456 e. The van der Waals surface area contributed by atoms with Crippen LogP contribution < -0.4 is 4.90 Å². The summed E-state index contributed by atoms with van der Waals surface area (Å²) < 4.78 is 8.76. The number of furan rings is 1. The van der Waals surface area contributed by atoms with Crippen molar-refractivity contribution in [2.24, 2.45) is 0 Å². The molecule has 11 rings (SSSR count). The topological polar surface area (TPSA) is 21.3 Å². The lowest BCUT2D eigenvalue weighted by Crippen LogP contribution is -2.12. The molecule has 248 valence electrons. The van der Waals surface area contributed by atoms with E-state index in [1.54, 1.807) is 0 Å². The lowest BCUT2D eigenvalue weighted by atomic mass is 9.95. The Morgan fingerprint density at radius 3 is 1.72 bits per heavy atom. The second-order valence-electron chi connectivity index (χ2n) is 13.7. The van der Waals surface area contributed by atoms with Gasteiger partial charge in [0.2, 0.25) is 0 Å². The second-order valence-corrected chi connectivity index (χ2v) is 13.7. The molecule has 9 aromatic carbocycles. The Balaban J connectivity index is 1.18. The van der Waals surface area contributed by atoms with Crippen molar-refractivity contribution in [1.29, 1.82) is 0 Å². The second kappa shape index (κ2) is 11.7. The van der Waals surface area contributed by atoms with E-state index in [0.29, 0.717) is 0 Å². The van der Waals surface area contributed by atoms with Crippen LogP contribution in [-0.2, 0) is 0 Å². The summed E-state index contributed by atoms with van der Waals surface area (Å²) in [6.07, 6.45) is 0. The number of para-hydroxylation sites is 4. The summed E-state index contributed by atoms with van der Waals surface area (Å²) in [5.74, 6) is 0. The zero-order valence-electron chi connectivity index (χ0n) is 28.8. The molecule has 0 atom stereocenters. The van der Waals surface area contributed by atoms with Gasteiger partial charge >= 0.3 is 0 Å². The fourth-order valence-corrected chi connectivity index (χ4v) is 8.47. The first-order valence-corrected chi connectivity index (χ1v) is 18.1. The van der Waals surface area contributed by atoms with Gasteiger partial charge in [0, 0.05) is 43.9 Å². The zero-order chi connectivity index (χ0) is 34.9. The Morgan fingerprint density at radius 2 is 0.943 bits per heavy atom. The predicted molar refractivity (Wildman–Crippen MR) is 223 cm³/mol. The fraction of sp³-hybridized carbons (Fsp3) is 0. The number of hydrogen-bond donors (Lipinski definition) is 0. The highest BCUT2D eigenvalue weighted by Crippen LogP contribution is 2.47. The molecule has 3 nitrogen and oxygen atoms in total. The molecule has 0 aliphatic heterocycles. The highest BCUT2D eigenvalue weighted by molar-refractivity contribution is 6.17. The maximum Gasteiger partial charge on any atom is 0.136 e. The first-order chi connectivity index (χ1) is 26.3. The Bertz CT molecular complexity index is 3130. The van der Waals surface area contributed by atoms with Crippen LogP contribution >= 0.6 is 0 Å². The predicted octanol–water partition coefficient (Wildman–Crippen LogP) is 14.1. The van der Waals surface area contributed by atoms with Crippen molar-refractivity contribution in [2.75, 3.05) is 4.90 Å². The third-order valence-electron chi connectivity index (χ3n) is 10.8. The zero-order valence-corrected chi connectivity index (χ0v) is 28.8. The van der Waals surface area contributed by atoms with E-state index in [9.17, 15) is 0 Å². The van der Waals surface area contributed by atoms with Crippen LogP contribution in [-0.4, -0.2) is 4.57 Å². The molecule has 0 aliphatic rings. The van der Waals surface area contributed by atoms with Gasteiger partial charge in [-0.2, -0.15) is 0 Å². The fourth-order valence-electron chi connectivity index (χ4n) is 8.47. The van der Waals surface area contributed by atoms with Gasteiger partial charge in [-0.3, -0.25) is 0 Å². The Hall–Kier alpha value is -7.10. The van der Waals surface area contributed by atoms with E-state index in [-0.39, 0.29) is 0 Å². The summed E-state index contributed by atoms with van der Waals surface area (Å²) >= 11 is 0. The minimum Gasteiger partial charge on any atom is -0.456 e. The van der Waals surface area contributed by atoms with Crippen LogP contribution in [0.1, 0.15) is 0 Å². The third-order valence-corrected chi connectivity index (χ3v) is 10.8. The monoisotopic (exact) mass is 676 g/mol. The quantitative estimate of drug-likeness (QED) is 0.169. The molecule has 0 saturated carbocycles. The van der Waals surface area contributed by atoms with Gasteiger partial charge in [-0.15, -0.1) is 0 Å². The normalized spacial score (nSPS) is 11.8. The van der Waals surface area contributed by atoms with E-state index >= 15 is 0 Å². The molecule has 53 heavy (non-hydrogen) atoms. The first-order valence-electron chi connectivity index (χ1n) is 18.1. The lowest BCUT2D eigenvalue weighted by Gasteiger charge is -2.30. The van der Waals surface area contributed by atoms with Gasteiger partial charge < -0.3 is 13.9 Å². The van der Waals surface area contributed by atoms with Crippen LogP contribution in [0.4, 0.5) is 17.1 Å². The molecule has 0 saturated heterocycles. The molecule has 3 heteroatoms. The number of aromatic nitrogens is 1. The number of nitrogens with zero attached hydrogens (tertiary/aromatic N) is 2. The van der Waals surface area contributed by atoms with E-state index in [0.717, 1.165) is 55.8 Å². The molecule has 0 amide bonds. The average Bonchev–Trinajstić information content (AvgIpc) is 3.78. The van der Waals surface area contributed by atoms with Crippen molar-refractivity contribution in [3.63, 3.8) is 0 Å². The molecule has 0 fully saturated rings. The lowest BCUT2D eigenvalue weighted by molar-refractivity contribution is 0.669. The molecule has 0 aliphatic carbocycles. The van der Waals surface area contributed by atoms with E-state index in [1.807, 2.05) is 6.07 Å². The standard InChI is InChI=1S/C50H32N2O/c1-2-15-36-33(14-1)32-47(38-17-4-3-16-37(36)38)52(35-30-28-34(29-31-35)51-44-23-9-5-18-39(44)40-19-6-10-24-45(40)51)46-25-11-7-20-41(46)42-22-13-27-49-50(42)43-21-8-12-26-48(43)53-49/h1-32H. The van der Waals surface area contributed by atoms with Crippen molar-refractivity contribution in [3.8, 4) is 16.8 Å². The molecular weight excluding hydrogens is 645 g/mol. The van der Waals surface area contributed by atoms with Gasteiger partial charge in [0.15, 0.2) is 0 Å². The van der Waals surface area contributed by atoms with E-state index in [4.69, 9.17) is 4.42 Å². The molecule has 2 heterocycles. The number of fused-ring (bicyclic) bond motifs is 9. The minimum atomic E-state index is 0.886. The SMILES string of the molecule is c1ccc(N(c2ccc(-n3c4ccccc4c4ccccc43)cc2)c2cc3ccccc3c3ccccc23)c(-c2cccc3oc4ccccc4c23)c1. The molecule has 11 aromatic rings. The number of benzene rings is 9. The molecule has 0 radical (unpaired) electrons. The Kier molecular flexibility index (Phi) is 6.55. The highest BCUT2D eigenvalue weighted by Gasteiger charge is 2.23. The number of rotatable bonds is 5. The molecular formula is C50H32N2O. The van der Waals surface area contributed by atoms with Crippen LogP contribution in [0, 0.1) is 0 Å². The highest BCUT2D eigenvalue weighted by atomic mass is 16.3. The first kappa shape index (κ1) is 29.6. The summed E-state index contributed by atoms with van der Waals surface area (Å²) in [6.45, 7) is 0. The van der Waals surface area contributed by atoms with Gasteiger partial charge in [0.05, 0.1) is 22.4 Å². The van der Waals surface area contributed by atoms with Gasteiger partial charge in [0.1, 0.15) is 11.2 Å². The molecule has 0 spiro atoms. The number of hydrogen-bond acceptors (Lipinski definition) is 2. The molecule has 0 unspecified atom stereocenters. The summed E-state index contributed by atoms with van der Waals surface area (Å²) in [6, 6.07) is 69.8. The van der Waals surface area contributed by atoms with Crippen molar-refractivity contribution in [2.45, 2.75) is 0 Å². The Labute approximate surface area is 306 Å². The van der Waals surface area contributed by atoms with Gasteiger partial charge in [-0.05, 0) is 82.4 Å². The van der Waals surface area contributed by atoms with Crippen molar-refractivity contribution in [3.05, 3.63) is 194 Å². The van der Waals surface area contributed by atoms with Crippen molar-refractivity contribution >= 4 is 82.4 Å². The molecule has 0 bridgehead atoms. The maximum absolute atomic E-state index is 6.38. The van der Waals surface area contributed by atoms with Crippen LogP contribution in [0.25, 0.3) is 82.1 Å². The van der Waals surface area contributed by atoms with E-state index in [2.05, 4.69) is 198 Å². The summed E-state index contributed by atoms with van der Waals surface area (Å²) in [4.78, 5) is 2.45. The van der Waals surface area contributed by atoms with Crippen molar-refractivity contribution in [1.82, 2.24) is 4.57 Å². The van der Waals surface area contributed by atoms with Gasteiger partial charge in [0.25, 0.3) is 0 Å². The maximum atomic E-state index is 6.38. The smallest absolute Gasteiger partial charge is 0.136 e. The summed E-state index contributed by atoms with van der Waals surface area (Å²) in [5, 5.41) is 9.63. The minimum absolute atomic E-state index is 0.886. The van der Waals surface area contributed by atoms with E-state index in [1.165, 1.54) is 43.4 Å².